The van der Waals surface area contributed by atoms with Gasteiger partial charge in [-0.15, -0.1) is 0 Å². The number of aliphatic hydroxyl groups is 1. The first-order chi connectivity index (χ1) is 7.89. The van der Waals surface area contributed by atoms with Crippen LogP contribution in [0.3, 0.4) is 0 Å². The van der Waals surface area contributed by atoms with Crippen LogP contribution >= 0.6 is 0 Å². The van der Waals surface area contributed by atoms with E-state index in [-0.39, 0.29) is 6.10 Å². The zero-order valence-corrected chi connectivity index (χ0v) is 10.7. The molecule has 0 spiro atoms. The molecule has 0 aromatic carbocycles. The van der Waals surface area contributed by atoms with E-state index in [9.17, 15) is 5.11 Å². The molecule has 0 saturated carbocycles. The Morgan fingerprint density at radius 3 is 1.94 bits per heavy atom. The van der Waals surface area contributed by atoms with Gasteiger partial charge in [-0.1, -0.05) is 57.1 Å². The van der Waals surface area contributed by atoms with Crippen LogP contribution in [0.4, 0.5) is 0 Å². The van der Waals surface area contributed by atoms with Crippen LogP contribution in [0.15, 0.2) is 12.2 Å². The molecule has 1 heteroatoms. The molecule has 0 aliphatic heterocycles. The minimum absolute atomic E-state index is 0.0604. The molecule has 1 aliphatic rings. The molecule has 1 rings (SSSR count). The molecule has 0 bridgehead atoms. The van der Waals surface area contributed by atoms with Gasteiger partial charge in [-0.3, -0.25) is 0 Å². The lowest BCUT2D eigenvalue weighted by Gasteiger charge is -2.08. The van der Waals surface area contributed by atoms with Crippen LogP contribution in [0.25, 0.3) is 0 Å². The van der Waals surface area contributed by atoms with Crippen LogP contribution < -0.4 is 0 Å². The second-order valence-corrected chi connectivity index (χ2v) is 5.11. The Hall–Kier alpha value is -0.300. The molecule has 1 unspecified atom stereocenters. The average molecular weight is 224 g/mol. The molecule has 0 fully saturated rings. The lowest BCUT2D eigenvalue weighted by Crippen LogP contribution is -2.05. The van der Waals surface area contributed by atoms with E-state index < -0.39 is 0 Å². The van der Waals surface area contributed by atoms with Crippen LogP contribution in [0, 0.1) is 0 Å². The largest absolute Gasteiger partial charge is 0.393 e. The molecule has 1 N–H and O–H groups in total. The van der Waals surface area contributed by atoms with Crippen molar-refractivity contribution in [3.05, 3.63) is 12.2 Å². The van der Waals surface area contributed by atoms with Gasteiger partial charge in [0.05, 0.1) is 6.10 Å². The zero-order valence-electron chi connectivity index (χ0n) is 10.7. The molecule has 0 heterocycles. The lowest BCUT2D eigenvalue weighted by molar-refractivity contribution is 0.152. The molecule has 0 saturated heterocycles. The predicted molar refractivity (Wildman–Crippen MR) is 70.6 cm³/mol. The summed E-state index contributed by atoms with van der Waals surface area (Å²) in [5.41, 5.74) is 0. The Morgan fingerprint density at radius 1 is 0.625 bits per heavy atom. The summed E-state index contributed by atoms with van der Waals surface area (Å²) in [5, 5.41) is 9.74. The van der Waals surface area contributed by atoms with Gasteiger partial charge in [-0.2, -0.15) is 0 Å². The third-order valence-corrected chi connectivity index (χ3v) is 3.49. The standard InChI is InChI=1S/C15H28O/c16-15-13-11-9-7-5-3-1-2-4-6-8-10-12-14-15/h7,9,15-16H,1-6,8,10-14H2. The second-order valence-electron chi connectivity index (χ2n) is 5.11. The lowest BCUT2D eigenvalue weighted by atomic mass is 10.0. The summed E-state index contributed by atoms with van der Waals surface area (Å²) < 4.78 is 0. The van der Waals surface area contributed by atoms with Crippen LogP contribution in [-0.4, -0.2) is 11.2 Å². The normalized spacial score (nSPS) is 26.9. The third-order valence-electron chi connectivity index (χ3n) is 3.49. The maximum Gasteiger partial charge on any atom is 0.0543 e. The molecule has 94 valence electrons. The fraction of sp³-hybridized carbons (Fsp3) is 0.867. The fourth-order valence-electron chi connectivity index (χ4n) is 2.37. The van der Waals surface area contributed by atoms with Gasteiger partial charge in [-0.25, -0.2) is 0 Å². The van der Waals surface area contributed by atoms with Gasteiger partial charge < -0.3 is 5.11 Å². The van der Waals surface area contributed by atoms with E-state index in [0.717, 1.165) is 19.3 Å². The summed E-state index contributed by atoms with van der Waals surface area (Å²) in [4.78, 5) is 0. The van der Waals surface area contributed by atoms with Gasteiger partial charge in [0.1, 0.15) is 0 Å². The van der Waals surface area contributed by atoms with Gasteiger partial charge in [0.2, 0.25) is 0 Å². The van der Waals surface area contributed by atoms with Crippen molar-refractivity contribution in [3.8, 4) is 0 Å². The van der Waals surface area contributed by atoms with E-state index >= 15 is 0 Å². The van der Waals surface area contributed by atoms with Gasteiger partial charge >= 0.3 is 0 Å². The minimum Gasteiger partial charge on any atom is -0.393 e. The predicted octanol–water partition coefficient (Wildman–Crippen LogP) is 4.60. The van der Waals surface area contributed by atoms with E-state index in [1.807, 2.05) is 0 Å². The Morgan fingerprint density at radius 2 is 1.19 bits per heavy atom. The first-order valence-corrected chi connectivity index (χ1v) is 7.22. The summed E-state index contributed by atoms with van der Waals surface area (Å²) in [7, 11) is 0. The Balaban J connectivity index is 2.18. The molecular weight excluding hydrogens is 196 g/mol. The number of hydrogen-bond acceptors (Lipinski definition) is 1. The molecule has 0 amide bonds. The van der Waals surface area contributed by atoms with Gasteiger partial charge in [0, 0.05) is 0 Å². The van der Waals surface area contributed by atoms with Crippen molar-refractivity contribution in [3.63, 3.8) is 0 Å². The maximum absolute atomic E-state index is 9.74. The quantitative estimate of drug-likeness (QED) is 0.596. The van der Waals surface area contributed by atoms with Crippen molar-refractivity contribution in [1.29, 1.82) is 0 Å². The monoisotopic (exact) mass is 224 g/mol. The molecule has 0 radical (unpaired) electrons. The molecule has 0 aromatic rings. The van der Waals surface area contributed by atoms with Crippen LogP contribution in [-0.2, 0) is 0 Å². The van der Waals surface area contributed by atoms with Crippen molar-refractivity contribution >= 4 is 0 Å². The topological polar surface area (TPSA) is 20.2 Å². The van der Waals surface area contributed by atoms with Crippen molar-refractivity contribution in [1.82, 2.24) is 0 Å². The molecular formula is C15H28O. The van der Waals surface area contributed by atoms with Crippen molar-refractivity contribution in [2.45, 2.75) is 83.2 Å². The summed E-state index contributed by atoms with van der Waals surface area (Å²) in [5.74, 6) is 0. The highest BCUT2D eigenvalue weighted by Gasteiger charge is 2.02. The van der Waals surface area contributed by atoms with Crippen molar-refractivity contribution < 1.29 is 5.11 Å². The van der Waals surface area contributed by atoms with Crippen LogP contribution in [0.2, 0.25) is 0 Å². The number of hydrogen-bond donors (Lipinski definition) is 1. The van der Waals surface area contributed by atoms with E-state index in [0.29, 0.717) is 0 Å². The Bertz CT molecular complexity index is 174. The first kappa shape index (κ1) is 13.8. The highest BCUT2D eigenvalue weighted by atomic mass is 16.3. The minimum atomic E-state index is -0.0604. The highest BCUT2D eigenvalue weighted by Crippen LogP contribution is 2.14. The molecule has 1 nitrogen and oxygen atoms in total. The fourth-order valence-corrected chi connectivity index (χ4v) is 2.37. The van der Waals surface area contributed by atoms with E-state index in [1.54, 1.807) is 0 Å². The van der Waals surface area contributed by atoms with E-state index in [2.05, 4.69) is 12.2 Å². The number of allylic oxidation sites excluding steroid dienone is 2. The highest BCUT2D eigenvalue weighted by molar-refractivity contribution is 4.82. The smallest absolute Gasteiger partial charge is 0.0543 e. The van der Waals surface area contributed by atoms with E-state index in [4.69, 9.17) is 0 Å². The van der Waals surface area contributed by atoms with Crippen molar-refractivity contribution in [2.24, 2.45) is 0 Å². The number of rotatable bonds is 0. The SMILES string of the molecule is OC1CCC=CCCCCCCCCCC1. The summed E-state index contributed by atoms with van der Waals surface area (Å²) >= 11 is 0. The Labute approximate surface area is 101 Å². The van der Waals surface area contributed by atoms with Crippen LogP contribution in [0.1, 0.15) is 77.0 Å². The van der Waals surface area contributed by atoms with Gasteiger partial charge in [-0.05, 0) is 32.1 Å². The van der Waals surface area contributed by atoms with E-state index in [1.165, 1.54) is 57.8 Å². The van der Waals surface area contributed by atoms with Gasteiger partial charge in [0.15, 0.2) is 0 Å². The zero-order chi connectivity index (χ0) is 11.5. The van der Waals surface area contributed by atoms with Crippen molar-refractivity contribution in [2.75, 3.05) is 0 Å². The summed E-state index contributed by atoms with van der Waals surface area (Å²) in [6, 6.07) is 0. The molecule has 16 heavy (non-hydrogen) atoms. The van der Waals surface area contributed by atoms with Gasteiger partial charge in [0.25, 0.3) is 0 Å². The summed E-state index contributed by atoms with van der Waals surface area (Å²) in [6.45, 7) is 0. The molecule has 1 aliphatic carbocycles. The Kier molecular flexibility index (Phi) is 8.51. The summed E-state index contributed by atoms with van der Waals surface area (Å²) in [6.07, 6.45) is 19.6. The van der Waals surface area contributed by atoms with Crippen LogP contribution in [0.5, 0.6) is 0 Å². The average Bonchev–Trinajstić information content (AvgIpc) is 2.29. The third kappa shape index (κ3) is 7.92. The second kappa shape index (κ2) is 9.89. The number of aliphatic hydroxyl groups excluding tert-OH is 1. The maximum atomic E-state index is 9.74. The molecule has 0 aromatic heterocycles. The molecule has 1 atom stereocenters. The first-order valence-electron chi connectivity index (χ1n) is 7.22.